The SMILES string of the molecule is CCNC(=O)CN(C)S(=O)(=O)c1cccc(C#CCN)c1. The number of amides is 1. The van der Waals surface area contributed by atoms with Gasteiger partial charge in [-0.05, 0) is 25.1 Å². The van der Waals surface area contributed by atoms with Gasteiger partial charge in [0.15, 0.2) is 0 Å². The van der Waals surface area contributed by atoms with Crippen molar-refractivity contribution in [1.29, 1.82) is 0 Å². The second kappa shape index (κ2) is 7.78. The van der Waals surface area contributed by atoms with Gasteiger partial charge in [0, 0.05) is 19.2 Å². The van der Waals surface area contributed by atoms with Crippen LogP contribution in [-0.2, 0) is 14.8 Å². The lowest BCUT2D eigenvalue weighted by Gasteiger charge is -2.16. The van der Waals surface area contributed by atoms with E-state index in [1.807, 2.05) is 0 Å². The lowest BCUT2D eigenvalue weighted by atomic mass is 10.2. The fourth-order valence-electron chi connectivity index (χ4n) is 1.61. The van der Waals surface area contributed by atoms with Gasteiger partial charge in [0.25, 0.3) is 0 Å². The Kier molecular flexibility index (Phi) is 6.37. The van der Waals surface area contributed by atoms with E-state index in [0.29, 0.717) is 12.1 Å². The monoisotopic (exact) mass is 309 g/mol. The number of hydrogen-bond donors (Lipinski definition) is 2. The van der Waals surface area contributed by atoms with Crippen LogP contribution in [0, 0.1) is 11.8 Å². The summed E-state index contributed by atoms with van der Waals surface area (Å²) in [5.74, 6) is 5.10. The van der Waals surface area contributed by atoms with Crippen molar-refractivity contribution in [1.82, 2.24) is 9.62 Å². The van der Waals surface area contributed by atoms with Crippen molar-refractivity contribution in [2.24, 2.45) is 5.73 Å². The second-order valence-electron chi connectivity index (χ2n) is 4.25. The topological polar surface area (TPSA) is 92.5 Å². The molecule has 0 atom stereocenters. The number of nitrogens with zero attached hydrogens (tertiary/aromatic N) is 1. The fraction of sp³-hybridized carbons (Fsp3) is 0.357. The molecule has 1 amide bonds. The Labute approximate surface area is 125 Å². The van der Waals surface area contributed by atoms with Gasteiger partial charge in [-0.2, -0.15) is 4.31 Å². The minimum Gasteiger partial charge on any atom is -0.355 e. The molecule has 6 nitrogen and oxygen atoms in total. The quantitative estimate of drug-likeness (QED) is 0.734. The average molecular weight is 309 g/mol. The van der Waals surface area contributed by atoms with E-state index in [2.05, 4.69) is 17.2 Å². The van der Waals surface area contributed by atoms with Crippen LogP contribution in [0.2, 0.25) is 0 Å². The van der Waals surface area contributed by atoms with Crippen LogP contribution in [0.5, 0.6) is 0 Å². The van der Waals surface area contributed by atoms with Crippen LogP contribution in [0.1, 0.15) is 12.5 Å². The lowest BCUT2D eigenvalue weighted by molar-refractivity contribution is -0.121. The van der Waals surface area contributed by atoms with Gasteiger partial charge < -0.3 is 11.1 Å². The first kappa shape index (κ1) is 17.2. The molecule has 0 saturated heterocycles. The number of hydrogen-bond acceptors (Lipinski definition) is 4. The van der Waals surface area contributed by atoms with E-state index in [9.17, 15) is 13.2 Å². The van der Waals surface area contributed by atoms with Crippen LogP contribution in [0.15, 0.2) is 29.2 Å². The first-order valence-corrected chi connectivity index (χ1v) is 7.88. The predicted octanol–water partition coefficient (Wildman–Crippen LogP) is -0.247. The number of carbonyl (C=O) groups is 1. The number of sulfonamides is 1. The van der Waals surface area contributed by atoms with Gasteiger partial charge in [-0.3, -0.25) is 4.79 Å². The summed E-state index contributed by atoms with van der Waals surface area (Å²) in [4.78, 5) is 11.6. The molecule has 0 aliphatic carbocycles. The third-order valence-corrected chi connectivity index (χ3v) is 4.42. The summed E-state index contributed by atoms with van der Waals surface area (Å²) in [6.07, 6.45) is 0. The number of likely N-dealkylation sites (N-methyl/N-ethyl adjacent to an activating group) is 2. The molecule has 0 saturated carbocycles. The highest BCUT2D eigenvalue weighted by Crippen LogP contribution is 2.15. The van der Waals surface area contributed by atoms with Crippen LogP contribution in [0.25, 0.3) is 0 Å². The van der Waals surface area contributed by atoms with E-state index in [1.54, 1.807) is 19.1 Å². The number of rotatable bonds is 5. The molecule has 0 bridgehead atoms. The van der Waals surface area contributed by atoms with E-state index in [0.717, 1.165) is 4.31 Å². The smallest absolute Gasteiger partial charge is 0.243 e. The molecule has 0 aromatic heterocycles. The number of nitrogens with one attached hydrogen (secondary N) is 1. The minimum atomic E-state index is -3.73. The van der Waals surface area contributed by atoms with Gasteiger partial charge in [0.05, 0.1) is 18.0 Å². The maximum absolute atomic E-state index is 12.4. The zero-order valence-corrected chi connectivity index (χ0v) is 12.9. The van der Waals surface area contributed by atoms with Crippen molar-refractivity contribution in [2.75, 3.05) is 26.7 Å². The molecule has 0 radical (unpaired) electrons. The minimum absolute atomic E-state index is 0.0955. The molecular formula is C14H19N3O3S. The summed E-state index contributed by atoms with van der Waals surface area (Å²) in [5.41, 5.74) is 5.85. The Hall–Kier alpha value is -1.88. The molecule has 1 rings (SSSR count). The van der Waals surface area contributed by atoms with Gasteiger partial charge in [-0.1, -0.05) is 17.9 Å². The van der Waals surface area contributed by atoms with Crippen molar-refractivity contribution in [2.45, 2.75) is 11.8 Å². The Morgan fingerprint density at radius 1 is 1.43 bits per heavy atom. The highest BCUT2D eigenvalue weighted by atomic mass is 32.2. The van der Waals surface area contributed by atoms with Crippen LogP contribution in [-0.4, -0.2) is 45.3 Å². The highest BCUT2D eigenvalue weighted by molar-refractivity contribution is 7.89. The first-order valence-electron chi connectivity index (χ1n) is 6.43. The van der Waals surface area contributed by atoms with Gasteiger partial charge in [-0.15, -0.1) is 0 Å². The maximum Gasteiger partial charge on any atom is 0.243 e. The molecule has 1 aromatic rings. The van der Waals surface area contributed by atoms with E-state index in [-0.39, 0.29) is 23.9 Å². The van der Waals surface area contributed by atoms with E-state index >= 15 is 0 Å². The molecule has 7 heteroatoms. The van der Waals surface area contributed by atoms with E-state index in [1.165, 1.54) is 19.2 Å². The van der Waals surface area contributed by atoms with Crippen molar-refractivity contribution in [3.63, 3.8) is 0 Å². The predicted molar refractivity (Wildman–Crippen MR) is 80.9 cm³/mol. The van der Waals surface area contributed by atoms with Gasteiger partial charge in [0.2, 0.25) is 15.9 Å². The molecule has 0 unspecified atom stereocenters. The lowest BCUT2D eigenvalue weighted by Crippen LogP contribution is -2.38. The summed E-state index contributed by atoms with van der Waals surface area (Å²) < 4.78 is 25.7. The van der Waals surface area contributed by atoms with E-state index < -0.39 is 10.0 Å². The molecule has 0 aliphatic heterocycles. The van der Waals surface area contributed by atoms with Crippen LogP contribution < -0.4 is 11.1 Å². The van der Waals surface area contributed by atoms with Crippen molar-refractivity contribution in [3.05, 3.63) is 29.8 Å². The zero-order chi connectivity index (χ0) is 15.9. The average Bonchev–Trinajstić information content (AvgIpc) is 2.45. The fourth-order valence-corrected chi connectivity index (χ4v) is 2.78. The molecule has 0 heterocycles. The molecule has 3 N–H and O–H groups in total. The molecule has 0 aliphatic rings. The molecular weight excluding hydrogens is 290 g/mol. The van der Waals surface area contributed by atoms with Crippen LogP contribution in [0.3, 0.4) is 0 Å². The Morgan fingerprint density at radius 3 is 2.76 bits per heavy atom. The first-order chi connectivity index (χ1) is 9.91. The summed E-state index contributed by atoms with van der Waals surface area (Å²) >= 11 is 0. The zero-order valence-electron chi connectivity index (χ0n) is 12.1. The molecule has 21 heavy (non-hydrogen) atoms. The van der Waals surface area contributed by atoms with Crippen molar-refractivity contribution < 1.29 is 13.2 Å². The van der Waals surface area contributed by atoms with Gasteiger partial charge in [-0.25, -0.2) is 8.42 Å². The third-order valence-electron chi connectivity index (χ3n) is 2.62. The van der Waals surface area contributed by atoms with E-state index in [4.69, 9.17) is 5.73 Å². The largest absolute Gasteiger partial charge is 0.355 e. The van der Waals surface area contributed by atoms with Gasteiger partial charge in [0.1, 0.15) is 0 Å². The van der Waals surface area contributed by atoms with Crippen LogP contribution >= 0.6 is 0 Å². The third kappa shape index (κ3) is 4.86. The molecule has 114 valence electrons. The number of benzene rings is 1. The number of carbonyl (C=O) groups excluding carboxylic acids is 1. The molecule has 0 fully saturated rings. The number of nitrogens with two attached hydrogens (primary N) is 1. The highest BCUT2D eigenvalue weighted by Gasteiger charge is 2.22. The Bertz CT molecular complexity index is 660. The molecule has 0 spiro atoms. The van der Waals surface area contributed by atoms with Crippen molar-refractivity contribution >= 4 is 15.9 Å². The second-order valence-corrected chi connectivity index (χ2v) is 6.29. The summed E-state index contributed by atoms with van der Waals surface area (Å²) in [6.45, 7) is 2.20. The summed E-state index contributed by atoms with van der Waals surface area (Å²) in [5, 5.41) is 2.56. The van der Waals surface area contributed by atoms with Crippen LogP contribution in [0.4, 0.5) is 0 Å². The van der Waals surface area contributed by atoms with Crippen molar-refractivity contribution in [3.8, 4) is 11.8 Å². The normalized spacial score (nSPS) is 10.9. The maximum atomic E-state index is 12.4. The summed E-state index contributed by atoms with van der Waals surface area (Å²) in [7, 11) is -2.36. The summed E-state index contributed by atoms with van der Waals surface area (Å²) in [6, 6.07) is 6.24. The molecule has 1 aromatic carbocycles. The van der Waals surface area contributed by atoms with Gasteiger partial charge >= 0.3 is 0 Å². The Morgan fingerprint density at radius 2 is 2.14 bits per heavy atom. The standard InChI is InChI=1S/C14H19N3O3S/c1-3-16-14(18)11-17(2)21(19,20)13-8-4-6-12(10-13)7-5-9-15/h4,6,8,10H,3,9,11,15H2,1-2H3,(H,16,18). The Balaban J connectivity index is 2.99.